The van der Waals surface area contributed by atoms with Gasteiger partial charge >= 0.3 is 0 Å². The molecule has 1 amide bonds. The van der Waals surface area contributed by atoms with E-state index in [2.05, 4.69) is 17.1 Å². The number of nitrogens with zero attached hydrogens (tertiary/aromatic N) is 1. The molecule has 4 nitrogen and oxygen atoms in total. The number of aryl methyl sites for hydroxylation is 1. The quantitative estimate of drug-likeness (QED) is 0.771. The molecule has 0 bridgehead atoms. The maximum atomic E-state index is 11.9. The van der Waals surface area contributed by atoms with Crippen molar-refractivity contribution in [3.63, 3.8) is 0 Å². The van der Waals surface area contributed by atoms with Crippen molar-refractivity contribution in [3.8, 4) is 0 Å². The third-order valence-corrected chi connectivity index (χ3v) is 2.79. The molecular weight excluding hydrogens is 226 g/mol. The maximum absolute atomic E-state index is 11.9. The summed E-state index contributed by atoms with van der Waals surface area (Å²) in [4.78, 5) is 14.0. The lowest BCUT2D eigenvalue weighted by Crippen LogP contribution is -2.34. The van der Waals surface area contributed by atoms with E-state index in [1.165, 1.54) is 0 Å². The van der Waals surface area contributed by atoms with Gasteiger partial charge in [-0.05, 0) is 50.7 Å². The standard InChI is InChI=1S/C14H23N3O/c1-3-17(9-5-8-15)11-14(18)16-13-7-4-6-12(2)10-13/h4,6-7,10H,3,5,8-9,11,15H2,1-2H3,(H,16,18). The Morgan fingerprint density at radius 2 is 2.22 bits per heavy atom. The summed E-state index contributed by atoms with van der Waals surface area (Å²) in [6.07, 6.45) is 0.922. The van der Waals surface area contributed by atoms with Gasteiger partial charge < -0.3 is 11.1 Å². The number of benzene rings is 1. The summed E-state index contributed by atoms with van der Waals surface area (Å²) < 4.78 is 0. The number of carbonyl (C=O) groups excluding carboxylic acids is 1. The lowest BCUT2D eigenvalue weighted by atomic mass is 10.2. The minimum atomic E-state index is 0.0273. The summed E-state index contributed by atoms with van der Waals surface area (Å²) in [5, 5.41) is 2.91. The van der Waals surface area contributed by atoms with Gasteiger partial charge in [0.1, 0.15) is 0 Å². The van der Waals surface area contributed by atoms with E-state index in [1.54, 1.807) is 0 Å². The lowest BCUT2D eigenvalue weighted by molar-refractivity contribution is -0.117. The normalized spacial score (nSPS) is 10.7. The second-order valence-electron chi connectivity index (χ2n) is 4.43. The number of nitrogens with one attached hydrogen (secondary N) is 1. The molecule has 0 atom stereocenters. The number of likely N-dealkylation sites (N-methyl/N-ethyl adjacent to an activating group) is 1. The molecule has 0 heterocycles. The van der Waals surface area contributed by atoms with Crippen LogP contribution in [0.15, 0.2) is 24.3 Å². The van der Waals surface area contributed by atoms with Gasteiger partial charge in [-0.2, -0.15) is 0 Å². The van der Waals surface area contributed by atoms with Crippen molar-refractivity contribution in [3.05, 3.63) is 29.8 Å². The van der Waals surface area contributed by atoms with Gasteiger partial charge in [0.25, 0.3) is 0 Å². The number of amides is 1. The molecule has 0 unspecified atom stereocenters. The fourth-order valence-electron chi connectivity index (χ4n) is 1.79. The van der Waals surface area contributed by atoms with E-state index in [0.717, 1.165) is 30.8 Å². The van der Waals surface area contributed by atoms with Crippen LogP contribution in [0.5, 0.6) is 0 Å². The Bertz CT molecular complexity index is 379. The van der Waals surface area contributed by atoms with Gasteiger partial charge in [0, 0.05) is 5.69 Å². The molecule has 4 heteroatoms. The van der Waals surface area contributed by atoms with Crippen LogP contribution in [0.2, 0.25) is 0 Å². The molecule has 0 saturated heterocycles. The SMILES string of the molecule is CCN(CCCN)CC(=O)Nc1cccc(C)c1. The predicted octanol–water partition coefficient (Wildman–Crippen LogP) is 1.60. The molecule has 0 aromatic heterocycles. The topological polar surface area (TPSA) is 58.4 Å². The number of carbonyl (C=O) groups is 1. The van der Waals surface area contributed by atoms with Crippen molar-refractivity contribution in [2.45, 2.75) is 20.3 Å². The minimum absolute atomic E-state index is 0.0273. The Hall–Kier alpha value is -1.39. The summed E-state index contributed by atoms with van der Waals surface area (Å²) in [5.41, 5.74) is 7.47. The lowest BCUT2D eigenvalue weighted by Gasteiger charge is -2.19. The van der Waals surface area contributed by atoms with Crippen LogP contribution in [0.4, 0.5) is 5.69 Å². The van der Waals surface area contributed by atoms with Gasteiger partial charge in [0.2, 0.25) is 5.91 Å². The van der Waals surface area contributed by atoms with Crippen molar-refractivity contribution >= 4 is 11.6 Å². The fraction of sp³-hybridized carbons (Fsp3) is 0.500. The first-order valence-electron chi connectivity index (χ1n) is 6.44. The van der Waals surface area contributed by atoms with E-state index < -0.39 is 0 Å². The first-order chi connectivity index (χ1) is 8.65. The van der Waals surface area contributed by atoms with Crippen LogP contribution in [-0.2, 0) is 4.79 Å². The molecule has 0 saturated carbocycles. The summed E-state index contributed by atoms with van der Waals surface area (Å²) in [6.45, 7) is 6.88. The highest BCUT2D eigenvalue weighted by molar-refractivity contribution is 5.92. The van der Waals surface area contributed by atoms with E-state index >= 15 is 0 Å². The number of anilines is 1. The summed E-state index contributed by atoms with van der Waals surface area (Å²) in [5.74, 6) is 0.0273. The van der Waals surface area contributed by atoms with Crippen molar-refractivity contribution in [2.24, 2.45) is 5.73 Å². The summed E-state index contributed by atoms with van der Waals surface area (Å²) in [6, 6.07) is 7.82. The van der Waals surface area contributed by atoms with E-state index in [9.17, 15) is 4.79 Å². The number of hydrogen-bond acceptors (Lipinski definition) is 3. The monoisotopic (exact) mass is 249 g/mol. The van der Waals surface area contributed by atoms with Crippen LogP contribution in [0.1, 0.15) is 18.9 Å². The fourth-order valence-corrected chi connectivity index (χ4v) is 1.79. The first-order valence-corrected chi connectivity index (χ1v) is 6.44. The molecule has 0 aliphatic carbocycles. The molecule has 0 aliphatic rings. The number of nitrogens with two attached hydrogens (primary N) is 1. The average molecular weight is 249 g/mol. The zero-order valence-electron chi connectivity index (χ0n) is 11.3. The second-order valence-corrected chi connectivity index (χ2v) is 4.43. The average Bonchev–Trinajstić information content (AvgIpc) is 2.34. The van der Waals surface area contributed by atoms with E-state index in [0.29, 0.717) is 13.1 Å². The van der Waals surface area contributed by atoms with Crippen molar-refractivity contribution in [1.82, 2.24) is 4.90 Å². The highest BCUT2D eigenvalue weighted by Gasteiger charge is 2.08. The highest BCUT2D eigenvalue weighted by atomic mass is 16.2. The molecule has 18 heavy (non-hydrogen) atoms. The Morgan fingerprint density at radius 1 is 1.44 bits per heavy atom. The van der Waals surface area contributed by atoms with Crippen LogP contribution in [0.25, 0.3) is 0 Å². The van der Waals surface area contributed by atoms with Gasteiger partial charge in [-0.3, -0.25) is 9.69 Å². The van der Waals surface area contributed by atoms with Gasteiger partial charge in [-0.1, -0.05) is 19.1 Å². The highest BCUT2D eigenvalue weighted by Crippen LogP contribution is 2.09. The molecule has 0 aliphatic heterocycles. The largest absolute Gasteiger partial charge is 0.330 e. The van der Waals surface area contributed by atoms with E-state index in [1.807, 2.05) is 31.2 Å². The zero-order chi connectivity index (χ0) is 13.4. The molecule has 3 N–H and O–H groups in total. The molecular formula is C14H23N3O. The Kier molecular flexibility index (Phi) is 6.39. The molecule has 0 radical (unpaired) electrons. The summed E-state index contributed by atoms with van der Waals surface area (Å²) in [7, 11) is 0. The summed E-state index contributed by atoms with van der Waals surface area (Å²) >= 11 is 0. The molecule has 1 aromatic carbocycles. The third-order valence-electron chi connectivity index (χ3n) is 2.79. The van der Waals surface area contributed by atoms with Crippen molar-refractivity contribution in [1.29, 1.82) is 0 Å². The van der Waals surface area contributed by atoms with Gasteiger partial charge in [0.05, 0.1) is 6.54 Å². The van der Waals surface area contributed by atoms with Crippen molar-refractivity contribution < 1.29 is 4.79 Å². The first kappa shape index (κ1) is 14.7. The Balaban J connectivity index is 2.45. The molecule has 0 spiro atoms. The number of hydrogen-bond donors (Lipinski definition) is 2. The minimum Gasteiger partial charge on any atom is -0.330 e. The van der Waals surface area contributed by atoms with Crippen LogP contribution >= 0.6 is 0 Å². The van der Waals surface area contributed by atoms with Crippen LogP contribution in [0, 0.1) is 6.92 Å². The van der Waals surface area contributed by atoms with Crippen LogP contribution in [-0.4, -0.2) is 37.0 Å². The van der Waals surface area contributed by atoms with Gasteiger partial charge in [0.15, 0.2) is 0 Å². The van der Waals surface area contributed by atoms with Crippen molar-refractivity contribution in [2.75, 3.05) is 31.5 Å². The molecule has 1 aromatic rings. The zero-order valence-corrected chi connectivity index (χ0v) is 11.3. The predicted molar refractivity (Wildman–Crippen MR) is 75.6 cm³/mol. The Morgan fingerprint density at radius 3 is 2.83 bits per heavy atom. The second kappa shape index (κ2) is 7.84. The smallest absolute Gasteiger partial charge is 0.238 e. The maximum Gasteiger partial charge on any atom is 0.238 e. The van der Waals surface area contributed by atoms with Crippen LogP contribution in [0.3, 0.4) is 0 Å². The van der Waals surface area contributed by atoms with Crippen LogP contribution < -0.4 is 11.1 Å². The third kappa shape index (κ3) is 5.29. The molecule has 100 valence electrons. The Labute approximate surface area is 109 Å². The van der Waals surface area contributed by atoms with E-state index in [4.69, 9.17) is 5.73 Å². The molecule has 1 rings (SSSR count). The number of rotatable bonds is 7. The van der Waals surface area contributed by atoms with Gasteiger partial charge in [-0.25, -0.2) is 0 Å². The molecule has 0 fully saturated rings. The van der Waals surface area contributed by atoms with Gasteiger partial charge in [-0.15, -0.1) is 0 Å². The van der Waals surface area contributed by atoms with E-state index in [-0.39, 0.29) is 5.91 Å².